The van der Waals surface area contributed by atoms with Gasteiger partial charge in [0.05, 0.1) is 5.25 Å². The Morgan fingerprint density at radius 1 is 1.25 bits per heavy atom. The van der Waals surface area contributed by atoms with Crippen molar-refractivity contribution in [3.05, 3.63) is 52.7 Å². The molecule has 0 spiro atoms. The normalized spacial score (nSPS) is 15.4. The minimum absolute atomic E-state index is 0.0676. The van der Waals surface area contributed by atoms with E-state index in [0.29, 0.717) is 12.5 Å². The monoisotopic (exact) mass is 411 g/mol. The third kappa shape index (κ3) is 3.94. The summed E-state index contributed by atoms with van der Waals surface area (Å²) in [4.78, 5) is 24.2. The first kappa shape index (κ1) is 19.4. The van der Waals surface area contributed by atoms with E-state index in [0.717, 1.165) is 29.1 Å². The molecule has 2 heterocycles. The van der Waals surface area contributed by atoms with Crippen LogP contribution in [-0.2, 0) is 17.6 Å². The van der Waals surface area contributed by atoms with Crippen LogP contribution in [0, 0.1) is 0 Å². The number of nitrogens with zero attached hydrogens (tertiary/aromatic N) is 2. The molecule has 2 aromatic heterocycles. The summed E-state index contributed by atoms with van der Waals surface area (Å²) < 4.78 is 0. The first-order chi connectivity index (χ1) is 13.7. The van der Waals surface area contributed by atoms with Crippen molar-refractivity contribution in [1.82, 2.24) is 15.3 Å². The summed E-state index contributed by atoms with van der Waals surface area (Å²) in [7, 11) is 0. The van der Waals surface area contributed by atoms with Crippen LogP contribution in [0.3, 0.4) is 0 Å². The van der Waals surface area contributed by atoms with Gasteiger partial charge in [0, 0.05) is 22.7 Å². The van der Waals surface area contributed by atoms with E-state index in [2.05, 4.69) is 46.5 Å². The molecule has 0 radical (unpaired) electrons. The van der Waals surface area contributed by atoms with Crippen molar-refractivity contribution in [2.24, 2.45) is 0 Å². The number of aryl methyl sites for hydroxylation is 2. The second-order valence-corrected chi connectivity index (χ2v) is 9.65. The highest BCUT2D eigenvalue weighted by molar-refractivity contribution is 8.00. The second-order valence-electron chi connectivity index (χ2n) is 7.24. The lowest BCUT2D eigenvalue weighted by atomic mass is 9.96. The van der Waals surface area contributed by atoms with Gasteiger partial charge in [-0.2, -0.15) is 0 Å². The first-order valence-electron chi connectivity index (χ1n) is 9.92. The highest BCUT2D eigenvalue weighted by Crippen LogP contribution is 2.40. The number of carbonyl (C=O) groups is 1. The zero-order valence-corrected chi connectivity index (χ0v) is 17.9. The average molecular weight is 412 g/mol. The number of rotatable bonds is 7. The Hall–Kier alpha value is -1.92. The van der Waals surface area contributed by atoms with Crippen LogP contribution < -0.4 is 5.32 Å². The van der Waals surface area contributed by atoms with Crippen LogP contribution in [0.4, 0.5) is 0 Å². The fraction of sp³-hybridized carbons (Fsp3) is 0.409. The van der Waals surface area contributed by atoms with Crippen molar-refractivity contribution in [3.63, 3.8) is 0 Å². The maximum absolute atomic E-state index is 12.7. The van der Waals surface area contributed by atoms with Crippen molar-refractivity contribution in [1.29, 1.82) is 0 Å². The predicted molar refractivity (Wildman–Crippen MR) is 117 cm³/mol. The minimum atomic E-state index is -0.191. The Bertz CT molecular complexity index is 971. The van der Waals surface area contributed by atoms with Gasteiger partial charge in [0.2, 0.25) is 5.91 Å². The van der Waals surface area contributed by atoms with Crippen LogP contribution >= 0.6 is 23.1 Å². The summed E-state index contributed by atoms with van der Waals surface area (Å²) in [6.45, 7) is 4.79. The van der Waals surface area contributed by atoms with Gasteiger partial charge < -0.3 is 5.32 Å². The van der Waals surface area contributed by atoms with Crippen LogP contribution in [-0.4, -0.2) is 27.7 Å². The van der Waals surface area contributed by atoms with E-state index in [1.165, 1.54) is 27.8 Å². The van der Waals surface area contributed by atoms with Gasteiger partial charge >= 0.3 is 0 Å². The highest BCUT2D eigenvalue weighted by atomic mass is 32.2. The van der Waals surface area contributed by atoms with Gasteiger partial charge in [-0.1, -0.05) is 49.0 Å². The zero-order chi connectivity index (χ0) is 19.5. The van der Waals surface area contributed by atoms with Gasteiger partial charge in [-0.25, -0.2) is 9.97 Å². The lowest BCUT2D eigenvalue weighted by Crippen LogP contribution is -2.34. The summed E-state index contributed by atoms with van der Waals surface area (Å²) >= 11 is 3.34. The predicted octanol–water partition coefficient (Wildman–Crippen LogP) is 4.97. The van der Waals surface area contributed by atoms with Gasteiger partial charge in [0.15, 0.2) is 0 Å². The Kier molecular flexibility index (Phi) is 5.97. The largest absolute Gasteiger partial charge is 0.355 e. The number of amides is 1. The molecule has 0 fully saturated rings. The molecule has 0 saturated carbocycles. The minimum Gasteiger partial charge on any atom is -0.355 e. The number of hydrogen-bond donors (Lipinski definition) is 1. The maximum atomic E-state index is 12.7. The average Bonchev–Trinajstić information content (AvgIpc) is 3.30. The zero-order valence-electron chi connectivity index (χ0n) is 16.3. The van der Waals surface area contributed by atoms with Gasteiger partial charge in [-0.15, -0.1) is 11.3 Å². The molecule has 6 heteroatoms. The van der Waals surface area contributed by atoms with E-state index in [1.54, 1.807) is 29.4 Å². The Balaban J connectivity index is 1.43. The molecule has 1 amide bonds. The molecule has 4 nitrogen and oxygen atoms in total. The Labute approximate surface area is 174 Å². The van der Waals surface area contributed by atoms with Crippen LogP contribution in [0.2, 0.25) is 0 Å². The third-order valence-corrected chi connectivity index (χ3v) is 7.71. The summed E-state index contributed by atoms with van der Waals surface area (Å²) in [5.74, 6) is 0.409. The van der Waals surface area contributed by atoms with Crippen LogP contribution in [0.25, 0.3) is 10.2 Å². The molecular formula is C22H25N3OS2. The molecule has 146 valence electrons. The number of carbonyl (C=O) groups excluding carboxylic acids is 1. The molecule has 1 aliphatic carbocycles. The van der Waals surface area contributed by atoms with Crippen LogP contribution in [0.5, 0.6) is 0 Å². The number of thiophene rings is 1. The molecule has 1 aliphatic rings. The maximum Gasteiger partial charge on any atom is 0.233 e. The molecule has 4 rings (SSSR count). The van der Waals surface area contributed by atoms with Crippen LogP contribution in [0.15, 0.2) is 41.7 Å². The molecule has 28 heavy (non-hydrogen) atoms. The van der Waals surface area contributed by atoms with Crippen molar-refractivity contribution >= 4 is 39.2 Å². The number of thioether (sulfide) groups is 1. The lowest BCUT2D eigenvalue weighted by molar-refractivity contribution is -0.120. The lowest BCUT2D eigenvalue weighted by Gasteiger charge is -2.18. The van der Waals surface area contributed by atoms with Crippen molar-refractivity contribution in [2.45, 2.75) is 55.7 Å². The highest BCUT2D eigenvalue weighted by Gasteiger charge is 2.24. The quantitative estimate of drug-likeness (QED) is 0.440. The number of aromatic nitrogens is 2. The molecule has 0 aliphatic heterocycles. The van der Waals surface area contributed by atoms with E-state index in [9.17, 15) is 4.79 Å². The van der Waals surface area contributed by atoms with Gasteiger partial charge in [0.1, 0.15) is 16.2 Å². The molecule has 0 saturated heterocycles. The molecule has 0 unspecified atom stereocenters. The van der Waals surface area contributed by atoms with E-state index in [4.69, 9.17) is 0 Å². The SMILES string of the molecule is CC[C@@H](CNC(=O)[C@@H](C)Sc1ncnc2sc3c(c12)CCC3)c1ccccc1. The third-order valence-electron chi connectivity index (χ3n) is 5.41. The number of nitrogens with one attached hydrogen (secondary N) is 1. The molecule has 1 N–H and O–H groups in total. The molecule has 1 aromatic carbocycles. The number of hydrogen-bond acceptors (Lipinski definition) is 5. The molecule has 2 atom stereocenters. The van der Waals surface area contributed by atoms with Crippen LogP contribution in [0.1, 0.15) is 48.6 Å². The summed E-state index contributed by atoms with van der Waals surface area (Å²) in [6.07, 6.45) is 6.09. The number of fused-ring (bicyclic) bond motifs is 3. The molecule has 3 aromatic rings. The Morgan fingerprint density at radius 3 is 2.86 bits per heavy atom. The van der Waals surface area contributed by atoms with E-state index >= 15 is 0 Å². The standard InChI is InChI=1S/C22H25N3OS2/c1-3-15(16-8-5-4-6-9-16)12-23-20(26)14(2)27-21-19-17-10-7-11-18(17)28-22(19)25-13-24-21/h4-6,8-9,13-15H,3,7,10-12H2,1-2H3,(H,23,26)/t14-,15+/m1/s1. The fourth-order valence-electron chi connectivity index (χ4n) is 3.80. The molecule has 0 bridgehead atoms. The van der Waals surface area contributed by atoms with Crippen molar-refractivity contribution in [2.75, 3.05) is 6.54 Å². The van der Waals surface area contributed by atoms with E-state index < -0.39 is 0 Å². The van der Waals surface area contributed by atoms with E-state index in [1.807, 2.05) is 13.0 Å². The second kappa shape index (κ2) is 8.62. The van der Waals surface area contributed by atoms with E-state index in [-0.39, 0.29) is 11.2 Å². The first-order valence-corrected chi connectivity index (χ1v) is 11.6. The number of benzene rings is 1. The summed E-state index contributed by atoms with van der Waals surface area (Å²) in [6, 6.07) is 10.4. The molecular weight excluding hydrogens is 386 g/mol. The smallest absolute Gasteiger partial charge is 0.233 e. The summed E-state index contributed by atoms with van der Waals surface area (Å²) in [5, 5.41) is 5.08. The topological polar surface area (TPSA) is 54.9 Å². The van der Waals surface area contributed by atoms with Gasteiger partial charge in [-0.05, 0) is 43.7 Å². The fourth-order valence-corrected chi connectivity index (χ4v) is 6.07. The van der Waals surface area contributed by atoms with Gasteiger partial charge in [-0.3, -0.25) is 4.79 Å². The van der Waals surface area contributed by atoms with Crippen molar-refractivity contribution in [3.8, 4) is 0 Å². The Morgan fingerprint density at radius 2 is 2.07 bits per heavy atom. The summed E-state index contributed by atoms with van der Waals surface area (Å²) in [5.41, 5.74) is 2.68. The van der Waals surface area contributed by atoms with Crippen molar-refractivity contribution < 1.29 is 4.79 Å². The van der Waals surface area contributed by atoms with Gasteiger partial charge in [0.25, 0.3) is 0 Å².